The molecule has 0 saturated carbocycles. The van der Waals surface area contributed by atoms with Crippen molar-refractivity contribution in [3.63, 3.8) is 0 Å². The Bertz CT molecular complexity index is 1290. The van der Waals surface area contributed by atoms with E-state index in [0.29, 0.717) is 35.8 Å². The van der Waals surface area contributed by atoms with E-state index >= 15 is 0 Å². The molecule has 0 bridgehead atoms. The van der Waals surface area contributed by atoms with Crippen molar-refractivity contribution in [2.45, 2.75) is 38.0 Å². The molecule has 9 heteroatoms. The molecule has 194 valence electrons. The molecular formula is C28H27BrF2N2O4. The van der Waals surface area contributed by atoms with Crippen LogP contribution in [-0.2, 0) is 22.5 Å². The summed E-state index contributed by atoms with van der Waals surface area (Å²) in [5.41, 5.74) is 0.687. The van der Waals surface area contributed by atoms with Gasteiger partial charge < -0.3 is 19.9 Å². The predicted octanol–water partition coefficient (Wildman–Crippen LogP) is 4.95. The van der Waals surface area contributed by atoms with E-state index in [1.165, 1.54) is 6.07 Å². The van der Waals surface area contributed by atoms with Gasteiger partial charge in [0.1, 0.15) is 11.9 Å². The molecule has 4 rings (SSSR count). The zero-order valence-corrected chi connectivity index (χ0v) is 21.8. The molecule has 6 nitrogen and oxygen atoms in total. The number of hydrogen-bond donors (Lipinski definition) is 2. The number of ether oxygens (including phenoxy) is 2. The molecule has 1 heterocycles. The van der Waals surface area contributed by atoms with Crippen molar-refractivity contribution in [1.29, 1.82) is 0 Å². The molecule has 0 spiro atoms. The van der Waals surface area contributed by atoms with E-state index in [2.05, 4.69) is 21.2 Å². The van der Waals surface area contributed by atoms with Crippen molar-refractivity contribution < 1.29 is 28.2 Å². The van der Waals surface area contributed by atoms with E-state index in [1.807, 2.05) is 24.3 Å². The molecule has 2 atom stereocenters. The van der Waals surface area contributed by atoms with Gasteiger partial charge in [-0.05, 0) is 60.5 Å². The largest absolute Gasteiger partial charge is 0.494 e. The molecule has 0 aromatic heterocycles. The summed E-state index contributed by atoms with van der Waals surface area (Å²) in [5.74, 6) is -1.34. The smallest absolute Gasteiger partial charge is 0.252 e. The zero-order valence-electron chi connectivity index (χ0n) is 20.2. The SMILES string of the molecule is C[C@H]1OC(c2ccc(OCCCO)cc2)=N[C@@]1(Cc1ccccc1Br)C(=O)NCc1ccc(F)c(F)c1. The number of benzene rings is 3. The first-order valence-corrected chi connectivity index (χ1v) is 12.7. The highest BCUT2D eigenvalue weighted by atomic mass is 79.9. The minimum atomic E-state index is -1.30. The van der Waals surface area contributed by atoms with Crippen molar-refractivity contribution in [2.24, 2.45) is 4.99 Å². The van der Waals surface area contributed by atoms with Crippen molar-refractivity contribution >= 4 is 27.7 Å². The number of carbonyl (C=O) groups excluding carboxylic acids is 1. The predicted molar refractivity (Wildman–Crippen MR) is 140 cm³/mol. The molecule has 0 aliphatic carbocycles. The van der Waals surface area contributed by atoms with Crippen LogP contribution in [0.2, 0.25) is 0 Å². The van der Waals surface area contributed by atoms with Crippen LogP contribution in [0.1, 0.15) is 30.0 Å². The fourth-order valence-electron chi connectivity index (χ4n) is 4.06. The highest BCUT2D eigenvalue weighted by molar-refractivity contribution is 9.10. The van der Waals surface area contributed by atoms with Gasteiger partial charge in [-0.2, -0.15) is 0 Å². The summed E-state index contributed by atoms with van der Waals surface area (Å²) < 4.78 is 39.5. The Morgan fingerprint density at radius 2 is 1.89 bits per heavy atom. The topological polar surface area (TPSA) is 80.2 Å². The van der Waals surface area contributed by atoms with Crippen molar-refractivity contribution in [1.82, 2.24) is 5.32 Å². The van der Waals surface area contributed by atoms with E-state index in [-0.39, 0.29) is 25.5 Å². The minimum absolute atomic E-state index is 0.00515. The Kier molecular flexibility index (Phi) is 8.56. The van der Waals surface area contributed by atoms with Crippen molar-refractivity contribution in [2.75, 3.05) is 13.2 Å². The van der Waals surface area contributed by atoms with Crippen LogP contribution in [0.25, 0.3) is 0 Å². The lowest BCUT2D eigenvalue weighted by molar-refractivity contribution is -0.128. The molecule has 1 amide bonds. The Hall–Kier alpha value is -3.30. The molecule has 1 aliphatic heterocycles. The van der Waals surface area contributed by atoms with Crippen LogP contribution in [0.5, 0.6) is 5.75 Å². The van der Waals surface area contributed by atoms with Gasteiger partial charge in [0.25, 0.3) is 5.91 Å². The van der Waals surface area contributed by atoms with E-state index < -0.39 is 23.3 Å². The second kappa shape index (κ2) is 11.8. The summed E-state index contributed by atoms with van der Waals surface area (Å²) in [5, 5.41) is 11.8. The Morgan fingerprint density at radius 1 is 1.14 bits per heavy atom. The van der Waals surface area contributed by atoms with Gasteiger partial charge in [0.05, 0.1) is 6.61 Å². The first-order valence-electron chi connectivity index (χ1n) is 11.9. The molecule has 2 N–H and O–H groups in total. The second-order valence-corrected chi connectivity index (χ2v) is 9.60. The number of carbonyl (C=O) groups is 1. The minimum Gasteiger partial charge on any atom is -0.494 e. The molecule has 37 heavy (non-hydrogen) atoms. The number of aliphatic hydroxyl groups excluding tert-OH is 1. The Balaban J connectivity index is 1.61. The maximum atomic E-state index is 13.7. The van der Waals surface area contributed by atoms with Crippen LogP contribution in [-0.4, -0.2) is 41.8 Å². The number of aliphatic imine (C=N–C) groups is 1. The lowest BCUT2D eigenvalue weighted by Crippen LogP contribution is -2.52. The molecule has 1 aliphatic rings. The van der Waals surface area contributed by atoms with Gasteiger partial charge in [0.2, 0.25) is 5.90 Å². The summed E-state index contributed by atoms with van der Waals surface area (Å²) in [6, 6.07) is 18.2. The third-order valence-corrected chi connectivity index (χ3v) is 6.96. The summed E-state index contributed by atoms with van der Waals surface area (Å²) in [4.78, 5) is 18.5. The standard InChI is InChI=1S/C28H27BrF2N2O4/c1-18-28(16-21-5-2-3-6-23(21)29,27(35)32-17-19-7-12-24(30)25(31)15-19)33-26(37-18)20-8-10-22(11-9-20)36-14-4-13-34/h2-3,5-12,15,18,34H,4,13-14,16-17H2,1H3,(H,32,35)/t18-,28-/m1/s1. The lowest BCUT2D eigenvalue weighted by atomic mass is 9.86. The van der Waals surface area contributed by atoms with Crippen LogP contribution in [0, 0.1) is 11.6 Å². The number of hydrogen-bond acceptors (Lipinski definition) is 5. The fourth-order valence-corrected chi connectivity index (χ4v) is 4.49. The van der Waals surface area contributed by atoms with Gasteiger partial charge in [0.15, 0.2) is 17.2 Å². The van der Waals surface area contributed by atoms with E-state index in [4.69, 9.17) is 19.6 Å². The molecule has 3 aromatic carbocycles. The molecule has 3 aromatic rings. The van der Waals surface area contributed by atoms with Crippen LogP contribution in [0.4, 0.5) is 8.78 Å². The molecular weight excluding hydrogens is 546 g/mol. The quantitative estimate of drug-likeness (QED) is 0.337. The molecule has 0 saturated heterocycles. The van der Waals surface area contributed by atoms with Gasteiger partial charge >= 0.3 is 0 Å². The molecule has 0 unspecified atom stereocenters. The summed E-state index contributed by atoms with van der Waals surface area (Å²) in [7, 11) is 0. The van der Waals surface area contributed by atoms with Crippen LogP contribution >= 0.6 is 15.9 Å². The third-order valence-electron chi connectivity index (χ3n) is 6.18. The third kappa shape index (κ3) is 6.17. The number of nitrogens with zero attached hydrogens (tertiary/aromatic N) is 1. The number of aliphatic hydroxyl groups is 1. The lowest BCUT2D eigenvalue weighted by Gasteiger charge is -2.28. The highest BCUT2D eigenvalue weighted by Crippen LogP contribution is 2.34. The van der Waals surface area contributed by atoms with Gasteiger partial charge in [0, 0.05) is 36.0 Å². The van der Waals surface area contributed by atoms with Gasteiger partial charge in [-0.15, -0.1) is 0 Å². The maximum absolute atomic E-state index is 13.7. The zero-order chi connectivity index (χ0) is 26.4. The van der Waals surface area contributed by atoms with Crippen molar-refractivity contribution in [3.8, 4) is 5.75 Å². The molecule has 0 fully saturated rings. The highest BCUT2D eigenvalue weighted by Gasteiger charge is 2.50. The van der Waals surface area contributed by atoms with E-state index in [0.717, 1.165) is 22.2 Å². The monoisotopic (exact) mass is 572 g/mol. The second-order valence-electron chi connectivity index (χ2n) is 8.75. The summed E-state index contributed by atoms with van der Waals surface area (Å²) in [6.07, 6.45) is 0.178. The Morgan fingerprint density at radius 3 is 2.59 bits per heavy atom. The Labute approximate surface area is 222 Å². The van der Waals surface area contributed by atoms with Crippen LogP contribution < -0.4 is 10.1 Å². The number of rotatable bonds is 10. The fraction of sp³-hybridized carbons (Fsp3) is 0.286. The number of halogens is 3. The normalized spacial score (nSPS) is 18.7. The number of amides is 1. The van der Waals surface area contributed by atoms with E-state index in [1.54, 1.807) is 31.2 Å². The van der Waals surface area contributed by atoms with Gasteiger partial charge in [-0.1, -0.05) is 40.2 Å². The van der Waals surface area contributed by atoms with Crippen molar-refractivity contribution in [3.05, 3.63) is 99.5 Å². The first kappa shape index (κ1) is 26.8. The van der Waals surface area contributed by atoms with Crippen LogP contribution in [0.15, 0.2) is 76.2 Å². The summed E-state index contributed by atoms with van der Waals surface area (Å²) in [6.45, 7) is 2.25. The van der Waals surface area contributed by atoms with Crippen LogP contribution in [0.3, 0.4) is 0 Å². The van der Waals surface area contributed by atoms with Gasteiger partial charge in [-0.25, -0.2) is 13.8 Å². The molecule has 0 radical (unpaired) electrons. The number of nitrogens with one attached hydrogen (secondary N) is 1. The average Bonchev–Trinajstić information content (AvgIpc) is 3.23. The maximum Gasteiger partial charge on any atom is 0.252 e. The first-order chi connectivity index (χ1) is 17.8. The van der Waals surface area contributed by atoms with E-state index in [9.17, 15) is 13.6 Å². The van der Waals surface area contributed by atoms with Gasteiger partial charge in [-0.3, -0.25) is 4.79 Å². The summed E-state index contributed by atoms with van der Waals surface area (Å²) >= 11 is 3.55. The average molecular weight is 573 g/mol.